The summed E-state index contributed by atoms with van der Waals surface area (Å²) in [5, 5.41) is 2.98. The minimum absolute atomic E-state index is 0.000133. The Bertz CT molecular complexity index is 955. The third-order valence-corrected chi connectivity index (χ3v) is 5.00. The van der Waals surface area contributed by atoms with Crippen molar-refractivity contribution in [3.05, 3.63) is 95.1 Å². The van der Waals surface area contributed by atoms with Crippen LogP contribution >= 0.6 is 0 Å². The van der Waals surface area contributed by atoms with Gasteiger partial charge in [0.05, 0.1) is 27.4 Å². The van der Waals surface area contributed by atoms with E-state index in [1.807, 2.05) is 60.7 Å². The van der Waals surface area contributed by atoms with Crippen LogP contribution in [0.3, 0.4) is 0 Å². The summed E-state index contributed by atoms with van der Waals surface area (Å²) in [5.41, 5.74) is 4.28. The highest BCUT2D eigenvalue weighted by Gasteiger charge is 2.08. The summed E-state index contributed by atoms with van der Waals surface area (Å²) in [5.74, 6) is 1.52. The smallest absolute Gasteiger partial charge is 0.220 e. The lowest BCUT2D eigenvalue weighted by Crippen LogP contribution is -2.23. The number of aryl methyl sites for hydroxylation is 1. The van der Waals surface area contributed by atoms with Gasteiger partial charge in [-0.15, -0.1) is 0 Å². The topological polar surface area (TPSA) is 56.8 Å². The molecule has 0 aromatic heterocycles. The van der Waals surface area contributed by atoms with Crippen molar-refractivity contribution >= 4 is 5.91 Å². The molecule has 1 amide bonds. The van der Waals surface area contributed by atoms with E-state index < -0.39 is 0 Å². The number of methoxy groups -OCH3 is 2. The zero-order valence-electron chi connectivity index (χ0n) is 18.1. The van der Waals surface area contributed by atoms with Gasteiger partial charge < -0.3 is 19.5 Å². The van der Waals surface area contributed by atoms with Gasteiger partial charge in [-0.3, -0.25) is 4.79 Å². The molecule has 31 heavy (non-hydrogen) atoms. The Kier molecular flexibility index (Phi) is 8.49. The van der Waals surface area contributed by atoms with Crippen LogP contribution in [-0.2, 0) is 35.7 Å². The third-order valence-electron chi connectivity index (χ3n) is 5.00. The summed E-state index contributed by atoms with van der Waals surface area (Å²) in [6.45, 7) is 1.65. The van der Waals surface area contributed by atoms with E-state index in [1.54, 1.807) is 14.2 Å². The number of hydrogen-bond donors (Lipinski definition) is 1. The van der Waals surface area contributed by atoms with Crippen molar-refractivity contribution in [2.75, 3.05) is 14.2 Å². The Morgan fingerprint density at radius 1 is 0.806 bits per heavy atom. The molecule has 0 saturated carbocycles. The lowest BCUT2D eigenvalue weighted by Gasteiger charge is -2.11. The van der Waals surface area contributed by atoms with Crippen molar-refractivity contribution in [3.8, 4) is 11.5 Å². The fraction of sp³-hybridized carbons (Fsp3) is 0.269. The van der Waals surface area contributed by atoms with Crippen molar-refractivity contribution in [1.82, 2.24) is 5.32 Å². The number of benzene rings is 3. The molecular formula is C26H29NO4. The molecule has 0 aliphatic rings. The second-order valence-corrected chi connectivity index (χ2v) is 7.25. The first-order chi connectivity index (χ1) is 15.2. The highest BCUT2D eigenvalue weighted by molar-refractivity contribution is 5.76. The van der Waals surface area contributed by atoms with Crippen molar-refractivity contribution < 1.29 is 19.0 Å². The molecule has 3 rings (SSSR count). The highest BCUT2D eigenvalue weighted by Crippen LogP contribution is 2.25. The predicted octanol–water partition coefficient (Wildman–Crippen LogP) is 4.67. The van der Waals surface area contributed by atoms with Gasteiger partial charge in [0.2, 0.25) is 5.91 Å². The van der Waals surface area contributed by atoms with Gasteiger partial charge in [-0.25, -0.2) is 0 Å². The maximum atomic E-state index is 12.3. The molecule has 0 aliphatic heterocycles. The van der Waals surface area contributed by atoms with Crippen LogP contribution in [0.25, 0.3) is 0 Å². The van der Waals surface area contributed by atoms with Crippen molar-refractivity contribution in [2.24, 2.45) is 0 Å². The summed E-state index contributed by atoms with van der Waals surface area (Å²) in [6, 6.07) is 23.8. The first-order valence-corrected chi connectivity index (χ1v) is 10.3. The largest absolute Gasteiger partial charge is 0.497 e. The Morgan fingerprint density at radius 2 is 1.48 bits per heavy atom. The number of nitrogens with one attached hydrogen (secondary N) is 1. The number of amides is 1. The zero-order valence-corrected chi connectivity index (χ0v) is 18.1. The Hall–Kier alpha value is -3.31. The standard InChI is InChI=1S/C26H29NO4/c1-29-24-13-14-25(30-2)23(16-24)12-15-26(28)27-17-20-8-10-22(11-9-20)19-31-18-21-6-4-3-5-7-21/h3-11,13-14,16H,12,15,17-19H2,1-2H3,(H,27,28). The van der Waals surface area contributed by atoms with E-state index in [9.17, 15) is 4.79 Å². The maximum Gasteiger partial charge on any atom is 0.220 e. The van der Waals surface area contributed by atoms with Gasteiger partial charge in [-0.1, -0.05) is 54.6 Å². The Labute approximate surface area is 184 Å². The van der Waals surface area contributed by atoms with Crippen LogP contribution in [0.1, 0.15) is 28.7 Å². The quantitative estimate of drug-likeness (QED) is 0.491. The highest BCUT2D eigenvalue weighted by atomic mass is 16.5. The lowest BCUT2D eigenvalue weighted by molar-refractivity contribution is -0.121. The van der Waals surface area contributed by atoms with Gasteiger partial charge in [0.1, 0.15) is 11.5 Å². The first-order valence-electron chi connectivity index (χ1n) is 10.3. The van der Waals surface area contributed by atoms with E-state index in [4.69, 9.17) is 14.2 Å². The van der Waals surface area contributed by atoms with E-state index in [1.165, 1.54) is 0 Å². The van der Waals surface area contributed by atoms with Crippen LogP contribution in [0.4, 0.5) is 0 Å². The Balaban J connectivity index is 1.41. The molecule has 0 aliphatic carbocycles. The summed E-state index contributed by atoms with van der Waals surface area (Å²) in [6.07, 6.45) is 0.971. The molecule has 5 heteroatoms. The molecule has 0 heterocycles. The lowest BCUT2D eigenvalue weighted by atomic mass is 10.1. The van der Waals surface area contributed by atoms with Gasteiger partial charge >= 0.3 is 0 Å². The van der Waals surface area contributed by atoms with Gasteiger partial charge in [0.25, 0.3) is 0 Å². The maximum absolute atomic E-state index is 12.3. The fourth-order valence-electron chi connectivity index (χ4n) is 3.23. The summed E-state index contributed by atoms with van der Waals surface area (Å²) < 4.78 is 16.4. The molecular weight excluding hydrogens is 390 g/mol. The predicted molar refractivity (Wildman–Crippen MR) is 121 cm³/mol. The van der Waals surface area contributed by atoms with Crippen LogP contribution in [0.2, 0.25) is 0 Å². The minimum Gasteiger partial charge on any atom is -0.497 e. The number of ether oxygens (including phenoxy) is 3. The summed E-state index contributed by atoms with van der Waals surface area (Å²) >= 11 is 0. The molecule has 3 aromatic rings. The molecule has 0 fully saturated rings. The SMILES string of the molecule is COc1ccc(OC)c(CCC(=O)NCc2ccc(COCc3ccccc3)cc2)c1. The monoisotopic (exact) mass is 419 g/mol. The van der Waals surface area contributed by atoms with Gasteiger partial charge in [0.15, 0.2) is 0 Å². The number of carbonyl (C=O) groups excluding carboxylic acids is 1. The van der Waals surface area contributed by atoms with E-state index in [-0.39, 0.29) is 5.91 Å². The fourth-order valence-corrected chi connectivity index (χ4v) is 3.23. The molecule has 1 N–H and O–H groups in total. The van der Waals surface area contributed by atoms with E-state index in [0.29, 0.717) is 32.6 Å². The average Bonchev–Trinajstić information content (AvgIpc) is 2.82. The van der Waals surface area contributed by atoms with Crippen molar-refractivity contribution in [2.45, 2.75) is 32.6 Å². The van der Waals surface area contributed by atoms with Crippen LogP contribution in [0, 0.1) is 0 Å². The second kappa shape index (κ2) is 11.8. The molecule has 3 aromatic carbocycles. The van der Waals surface area contributed by atoms with Crippen molar-refractivity contribution in [1.29, 1.82) is 0 Å². The molecule has 0 radical (unpaired) electrons. The van der Waals surface area contributed by atoms with E-state index in [2.05, 4.69) is 17.4 Å². The molecule has 5 nitrogen and oxygen atoms in total. The van der Waals surface area contributed by atoms with E-state index in [0.717, 1.165) is 33.8 Å². The molecule has 162 valence electrons. The van der Waals surface area contributed by atoms with Crippen LogP contribution < -0.4 is 14.8 Å². The van der Waals surface area contributed by atoms with Crippen molar-refractivity contribution in [3.63, 3.8) is 0 Å². The zero-order chi connectivity index (χ0) is 21.9. The van der Waals surface area contributed by atoms with Gasteiger partial charge in [-0.05, 0) is 46.9 Å². The van der Waals surface area contributed by atoms with Crippen LogP contribution in [-0.4, -0.2) is 20.1 Å². The molecule has 0 spiro atoms. The summed E-state index contributed by atoms with van der Waals surface area (Å²) in [4.78, 5) is 12.3. The normalized spacial score (nSPS) is 10.5. The number of carbonyl (C=O) groups is 1. The number of rotatable bonds is 11. The molecule has 0 unspecified atom stereocenters. The van der Waals surface area contributed by atoms with Gasteiger partial charge in [0, 0.05) is 13.0 Å². The molecule has 0 saturated heterocycles. The summed E-state index contributed by atoms with van der Waals surface area (Å²) in [7, 11) is 3.25. The van der Waals surface area contributed by atoms with Crippen LogP contribution in [0.5, 0.6) is 11.5 Å². The first kappa shape index (κ1) is 22.4. The third kappa shape index (κ3) is 7.15. The minimum atomic E-state index is 0.000133. The molecule has 0 bridgehead atoms. The molecule has 0 atom stereocenters. The Morgan fingerprint density at radius 3 is 2.16 bits per heavy atom. The number of hydrogen-bond acceptors (Lipinski definition) is 4. The average molecular weight is 420 g/mol. The van der Waals surface area contributed by atoms with Crippen LogP contribution in [0.15, 0.2) is 72.8 Å². The van der Waals surface area contributed by atoms with Gasteiger partial charge in [-0.2, -0.15) is 0 Å². The van der Waals surface area contributed by atoms with E-state index >= 15 is 0 Å². The second-order valence-electron chi connectivity index (χ2n) is 7.25.